The van der Waals surface area contributed by atoms with E-state index in [1.807, 2.05) is 0 Å². The van der Waals surface area contributed by atoms with E-state index in [1.54, 1.807) is 0 Å². The first kappa shape index (κ1) is 15.0. The summed E-state index contributed by atoms with van der Waals surface area (Å²) in [4.78, 5) is 21.9. The molecule has 0 bridgehead atoms. The molecule has 1 rings (SSSR count). The highest BCUT2D eigenvalue weighted by Gasteiger charge is 2.12. The number of amides is 1. The van der Waals surface area contributed by atoms with Crippen molar-refractivity contribution < 1.29 is 24.0 Å². The molecule has 1 aromatic heterocycles. The third-order valence-electron chi connectivity index (χ3n) is 2.52. The van der Waals surface area contributed by atoms with Gasteiger partial charge in [0.2, 0.25) is 5.76 Å². The van der Waals surface area contributed by atoms with Crippen molar-refractivity contribution in [2.45, 2.75) is 32.1 Å². The Morgan fingerprint density at radius 3 is 2.74 bits per heavy atom. The Morgan fingerprint density at radius 2 is 2.11 bits per heavy atom. The minimum Gasteiger partial charge on any atom is -0.481 e. The second-order valence-electron chi connectivity index (χ2n) is 4.05. The molecular formula is C12H18N2O5. The van der Waals surface area contributed by atoms with E-state index < -0.39 is 5.97 Å². The Morgan fingerprint density at radius 1 is 1.37 bits per heavy atom. The van der Waals surface area contributed by atoms with Gasteiger partial charge in [0, 0.05) is 13.0 Å². The van der Waals surface area contributed by atoms with E-state index in [0.717, 1.165) is 19.3 Å². The third kappa shape index (κ3) is 5.89. The first-order valence-electron chi connectivity index (χ1n) is 6.14. The molecule has 2 N–H and O–H groups in total. The average Bonchev–Trinajstić information content (AvgIpc) is 2.85. The molecule has 0 unspecified atom stereocenters. The van der Waals surface area contributed by atoms with Crippen LogP contribution in [0.2, 0.25) is 0 Å². The fourth-order valence-electron chi connectivity index (χ4n) is 1.51. The molecule has 0 fully saturated rings. The lowest BCUT2D eigenvalue weighted by molar-refractivity contribution is -0.137. The van der Waals surface area contributed by atoms with Crippen LogP contribution >= 0.6 is 0 Å². The standard InChI is InChI=1S/C12H18N2O5/c1-18-10-8-9(19-14-10)12(17)13-7-5-3-2-4-6-11(15)16/h8H,2-7H2,1H3,(H,13,17)(H,15,16). The molecule has 19 heavy (non-hydrogen) atoms. The lowest BCUT2D eigenvalue weighted by atomic mass is 10.1. The van der Waals surface area contributed by atoms with Gasteiger partial charge in [0.1, 0.15) is 0 Å². The number of hydrogen-bond donors (Lipinski definition) is 2. The van der Waals surface area contributed by atoms with E-state index in [1.165, 1.54) is 13.2 Å². The number of hydrogen-bond acceptors (Lipinski definition) is 5. The Hall–Kier alpha value is -2.05. The zero-order valence-electron chi connectivity index (χ0n) is 10.8. The molecule has 0 atom stereocenters. The molecule has 1 aromatic rings. The zero-order chi connectivity index (χ0) is 14.1. The Balaban J connectivity index is 2.09. The fourth-order valence-corrected chi connectivity index (χ4v) is 1.51. The average molecular weight is 270 g/mol. The van der Waals surface area contributed by atoms with Crippen molar-refractivity contribution in [2.24, 2.45) is 0 Å². The van der Waals surface area contributed by atoms with Crippen molar-refractivity contribution in [2.75, 3.05) is 13.7 Å². The Kier molecular flexibility index (Phi) is 6.42. The number of aromatic nitrogens is 1. The molecule has 7 nitrogen and oxygen atoms in total. The number of unbranched alkanes of at least 4 members (excludes halogenated alkanes) is 3. The topological polar surface area (TPSA) is 102 Å². The van der Waals surface area contributed by atoms with Gasteiger partial charge in [-0.25, -0.2) is 0 Å². The van der Waals surface area contributed by atoms with Gasteiger partial charge < -0.3 is 19.7 Å². The summed E-state index contributed by atoms with van der Waals surface area (Å²) in [5.41, 5.74) is 0. The van der Waals surface area contributed by atoms with Gasteiger partial charge in [-0.05, 0) is 18.0 Å². The van der Waals surface area contributed by atoms with E-state index >= 15 is 0 Å². The molecule has 0 aromatic carbocycles. The number of rotatable bonds is 9. The highest BCUT2D eigenvalue weighted by molar-refractivity contribution is 5.91. The van der Waals surface area contributed by atoms with Crippen molar-refractivity contribution in [3.63, 3.8) is 0 Å². The quantitative estimate of drug-likeness (QED) is 0.658. The van der Waals surface area contributed by atoms with Crippen LogP contribution in [-0.4, -0.2) is 35.8 Å². The SMILES string of the molecule is COc1cc(C(=O)NCCCCCCC(=O)O)on1. The summed E-state index contributed by atoms with van der Waals surface area (Å²) >= 11 is 0. The Bertz CT molecular complexity index is 416. The number of carbonyl (C=O) groups excluding carboxylic acids is 1. The van der Waals surface area contributed by atoms with Crippen molar-refractivity contribution in [1.29, 1.82) is 0 Å². The number of carboxylic acids is 1. The van der Waals surface area contributed by atoms with Crippen LogP contribution in [0.15, 0.2) is 10.6 Å². The van der Waals surface area contributed by atoms with E-state index in [0.29, 0.717) is 13.0 Å². The number of ether oxygens (including phenoxy) is 1. The third-order valence-corrected chi connectivity index (χ3v) is 2.52. The molecular weight excluding hydrogens is 252 g/mol. The number of nitrogens with zero attached hydrogens (tertiary/aromatic N) is 1. The highest BCUT2D eigenvalue weighted by atomic mass is 16.5. The summed E-state index contributed by atoms with van der Waals surface area (Å²) in [6.07, 6.45) is 3.40. The normalized spacial score (nSPS) is 10.2. The molecule has 7 heteroatoms. The fraction of sp³-hybridized carbons (Fsp3) is 0.583. The van der Waals surface area contributed by atoms with Gasteiger partial charge in [-0.3, -0.25) is 9.59 Å². The van der Waals surface area contributed by atoms with Crippen molar-refractivity contribution in [3.05, 3.63) is 11.8 Å². The molecule has 0 radical (unpaired) electrons. The van der Waals surface area contributed by atoms with E-state index in [9.17, 15) is 9.59 Å². The molecule has 0 aliphatic heterocycles. The maximum Gasteiger partial charge on any atom is 0.303 e. The Labute approximate surface area is 110 Å². The molecule has 0 saturated carbocycles. The first-order chi connectivity index (χ1) is 9.13. The van der Waals surface area contributed by atoms with E-state index in [4.69, 9.17) is 14.4 Å². The lowest BCUT2D eigenvalue weighted by Crippen LogP contribution is -2.23. The molecule has 0 saturated heterocycles. The van der Waals surface area contributed by atoms with E-state index in [2.05, 4.69) is 10.5 Å². The minimum absolute atomic E-state index is 0.114. The second-order valence-corrected chi connectivity index (χ2v) is 4.05. The maximum atomic E-state index is 11.6. The second kappa shape index (κ2) is 8.12. The van der Waals surface area contributed by atoms with Crippen molar-refractivity contribution in [1.82, 2.24) is 10.5 Å². The van der Waals surface area contributed by atoms with Crippen LogP contribution in [0.1, 0.15) is 42.7 Å². The minimum atomic E-state index is -0.771. The van der Waals surface area contributed by atoms with Gasteiger partial charge in [0.15, 0.2) is 0 Å². The van der Waals surface area contributed by atoms with Gasteiger partial charge in [0.25, 0.3) is 11.8 Å². The number of nitrogens with one attached hydrogen (secondary N) is 1. The summed E-state index contributed by atoms with van der Waals surface area (Å²) in [5, 5.41) is 14.7. The number of carboxylic acid groups (broad SMARTS) is 1. The molecule has 1 heterocycles. The van der Waals surface area contributed by atoms with Crippen LogP contribution in [0.5, 0.6) is 5.88 Å². The molecule has 1 amide bonds. The van der Waals surface area contributed by atoms with Crippen molar-refractivity contribution >= 4 is 11.9 Å². The van der Waals surface area contributed by atoms with Gasteiger partial charge in [-0.2, -0.15) is 0 Å². The van der Waals surface area contributed by atoms with E-state index in [-0.39, 0.29) is 24.0 Å². The number of aliphatic carboxylic acids is 1. The van der Waals surface area contributed by atoms with Crippen LogP contribution < -0.4 is 10.1 Å². The van der Waals surface area contributed by atoms with Crippen LogP contribution in [0.25, 0.3) is 0 Å². The summed E-state index contributed by atoms with van der Waals surface area (Å²) in [6, 6.07) is 1.42. The molecule has 0 aliphatic rings. The van der Waals surface area contributed by atoms with Gasteiger partial charge in [-0.1, -0.05) is 12.8 Å². The van der Waals surface area contributed by atoms with Crippen molar-refractivity contribution in [3.8, 4) is 5.88 Å². The summed E-state index contributed by atoms with van der Waals surface area (Å²) in [6.45, 7) is 0.523. The molecule has 0 spiro atoms. The first-order valence-corrected chi connectivity index (χ1v) is 6.14. The largest absolute Gasteiger partial charge is 0.481 e. The van der Waals surface area contributed by atoms with Crippen LogP contribution in [-0.2, 0) is 4.79 Å². The lowest BCUT2D eigenvalue weighted by Gasteiger charge is -2.02. The highest BCUT2D eigenvalue weighted by Crippen LogP contribution is 2.10. The van der Waals surface area contributed by atoms with Crippen LogP contribution in [0.3, 0.4) is 0 Å². The van der Waals surface area contributed by atoms with Gasteiger partial charge in [-0.15, -0.1) is 0 Å². The summed E-state index contributed by atoms with van der Waals surface area (Å²) < 4.78 is 9.59. The number of carbonyl (C=O) groups is 2. The summed E-state index contributed by atoms with van der Waals surface area (Å²) in [7, 11) is 1.44. The molecule has 106 valence electrons. The number of methoxy groups -OCH3 is 1. The smallest absolute Gasteiger partial charge is 0.303 e. The zero-order valence-corrected chi connectivity index (χ0v) is 10.8. The van der Waals surface area contributed by atoms with Crippen LogP contribution in [0.4, 0.5) is 0 Å². The maximum absolute atomic E-state index is 11.6. The summed E-state index contributed by atoms with van der Waals surface area (Å²) in [5.74, 6) is -0.726. The monoisotopic (exact) mass is 270 g/mol. The van der Waals surface area contributed by atoms with Gasteiger partial charge in [0.05, 0.1) is 13.2 Å². The molecule has 0 aliphatic carbocycles. The van der Waals surface area contributed by atoms with Gasteiger partial charge >= 0.3 is 5.97 Å². The predicted molar refractivity (Wildman–Crippen MR) is 66.1 cm³/mol. The predicted octanol–water partition coefficient (Wildman–Crippen LogP) is 1.45. The van der Waals surface area contributed by atoms with Crippen LogP contribution in [0, 0.1) is 0 Å².